The summed E-state index contributed by atoms with van der Waals surface area (Å²) in [7, 11) is -1.25. The zero-order chi connectivity index (χ0) is 10.9. The number of allylic oxidation sites excluding steroid dienone is 1. The minimum absolute atomic E-state index is 0.151. The minimum Gasteiger partial charge on any atom is -0.348 e. The van der Waals surface area contributed by atoms with Crippen LogP contribution < -0.4 is 5.32 Å². The molecule has 0 aliphatic carbocycles. The van der Waals surface area contributed by atoms with Crippen LogP contribution in [0.25, 0.3) is 0 Å². The summed E-state index contributed by atoms with van der Waals surface area (Å²) in [5, 5.41) is 3.01. The van der Waals surface area contributed by atoms with Gasteiger partial charge in [-0.1, -0.05) is 39.6 Å². The lowest BCUT2D eigenvalue weighted by atomic mass is 10.0. The molecule has 1 aliphatic rings. The highest BCUT2D eigenvalue weighted by molar-refractivity contribution is 6.79. The Morgan fingerprint density at radius 2 is 2.00 bits per heavy atom. The molecule has 1 heterocycles. The van der Waals surface area contributed by atoms with Crippen LogP contribution in [0.1, 0.15) is 20.3 Å². The van der Waals surface area contributed by atoms with Gasteiger partial charge in [-0.2, -0.15) is 0 Å². The summed E-state index contributed by atoms with van der Waals surface area (Å²) in [5.74, 6) is 0.788. The molecule has 2 nitrogen and oxygen atoms in total. The van der Waals surface area contributed by atoms with Crippen molar-refractivity contribution >= 4 is 14.0 Å². The van der Waals surface area contributed by atoms with E-state index in [1.807, 2.05) is 0 Å². The Labute approximate surface area is 87.8 Å². The average molecular weight is 211 g/mol. The zero-order valence-electron chi connectivity index (χ0n) is 9.85. The molecule has 0 aromatic rings. The van der Waals surface area contributed by atoms with Gasteiger partial charge in [0.25, 0.3) is 0 Å². The van der Waals surface area contributed by atoms with E-state index in [4.69, 9.17) is 0 Å². The lowest BCUT2D eigenvalue weighted by Crippen LogP contribution is -2.63. The van der Waals surface area contributed by atoms with Crippen LogP contribution in [0, 0.1) is 5.92 Å². The highest BCUT2D eigenvalue weighted by Crippen LogP contribution is 2.24. The molecule has 1 saturated heterocycles. The van der Waals surface area contributed by atoms with Crippen LogP contribution >= 0.6 is 0 Å². The molecule has 80 valence electrons. The second-order valence-corrected chi connectivity index (χ2v) is 10.9. The third kappa shape index (κ3) is 2.47. The van der Waals surface area contributed by atoms with Crippen LogP contribution in [-0.2, 0) is 4.79 Å². The van der Waals surface area contributed by atoms with Gasteiger partial charge in [0.1, 0.15) is 0 Å². The largest absolute Gasteiger partial charge is 0.348 e. The van der Waals surface area contributed by atoms with Crippen molar-refractivity contribution in [2.24, 2.45) is 5.92 Å². The fourth-order valence-electron chi connectivity index (χ4n) is 1.60. The van der Waals surface area contributed by atoms with Crippen LogP contribution in [0.3, 0.4) is 0 Å². The van der Waals surface area contributed by atoms with E-state index < -0.39 is 8.07 Å². The van der Waals surface area contributed by atoms with Gasteiger partial charge in [-0.3, -0.25) is 4.79 Å². The molecule has 14 heavy (non-hydrogen) atoms. The predicted octanol–water partition coefficient (Wildman–Crippen LogP) is 2.33. The highest BCUT2D eigenvalue weighted by atomic mass is 28.3. The van der Waals surface area contributed by atoms with Gasteiger partial charge in [0.05, 0.1) is 13.7 Å². The van der Waals surface area contributed by atoms with E-state index in [1.165, 1.54) is 0 Å². The summed E-state index contributed by atoms with van der Waals surface area (Å²) in [4.78, 5) is 11.3. The molecule has 1 aliphatic heterocycles. The molecule has 0 spiro atoms. The van der Waals surface area contributed by atoms with Crippen molar-refractivity contribution in [3.8, 4) is 0 Å². The molecule has 0 aromatic carbocycles. The molecular formula is C11H21NOSi. The second-order valence-electron chi connectivity index (χ2n) is 5.56. The maximum Gasteiger partial charge on any atom is 0.248 e. The smallest absolute Gasteiger partial charge is 0.248 e. The Morgan fingerprint density at radius 3 is 2.36 bits per heavy atom. The summed E-state index contributed by atoms with van der Waals surface area (Å²) < 4.78 is 0. The monoisotopic (exact) mass is 211 g/mol. The lowest BCUT2D eigenvalue weighted by molar-refractivity contribution is -0.121. The van der Waals surface area contributed by atoms with Crippen LogP contribution in [0.2, 0.25) is 19.6 Å². The third-order valence-corrected chi connectivity index (χ3v) is 4.71. The minimum atomic E-state index is -1.25. The van der Waals surface area contributed by atoms with Gasteiger partial charge in [-0.05, 0) is 12.3 Å². The number of hydrogen-bond donors (Lipinski definition) is 1. The first-order chi connectivity index (χ1) is 6.32. The van der Waals surface area contributed by atoms with E-state index in [9.17, 15) is 4.79 Å². The molecule has 0 radical (unpaired) electrons. The van der Waals surface area contributed by atoms with Crippen LogP contribution in [0.5, 0.6) is 0 Å². The van der Waals surface area contributed by atoms with Gasteiger partial charge in [-0.15, -0.1) is 0 Å². The summed E-state index contributed by atoms with van der Waals surface area (Å²) in [6, 6.07) is 0. The molecule has 1 unspecified atom stereocenters. The van der Waals surface area contributed by atoms with Crippen molar-refractivity contribution < 1.29 is 4.79 Å². The number of amides is 1. The normalized spacial score (nSPS) is 25.1. The molecule has 1 atom stereocenters. The molecule has 0 aromatic heterocycles. The van der Waals surface area contributed by atoms with E-state index >= 15 is 0 Å². The Hall–Kier alpha value is -0.573. The quantitative estimate of drug-likeness (QED) is 0.433. The average Bonchev–Trinajstić information content (AvgIpc) is 1.97. The van der Waals surface area contributed by atoms with Gasteiger partial charge < -0.3 is 5.32 Å². The van der Waals surface area contributed by atoms with Gasteiger partial charge in [0.15, 0.2) is 0 Å². The van der Waals surface area contributed by atoms with E-state index in [2.05, 4.69) is 44.9 Å². The first-order valence-corrected chi connectivity index (χ1v) is 8.91. The van der Waals surface area contributed by atoms with Crippen molar-refractivity contribution in [2.75, 3.05) is 0 Å². The highest BCUT2D eigenvalue weighted by Gasteiger charge is 2.41. The Morgan fingerprint density at radius 1 is 1.43 bits per heavy atom. The molecule has 3 heteroatoms. The number of nitrogens with one attached hydrogen (secondary N) is 1. The second kappa shape index (κ2) is 3.89. The maximum atomic E-state index is 11.3. The topological polar surface area (TPSA) is 29.1 Å². The Kier molecular flexibility index (Phi) is 3.19. The fourth-order valence-corrected chi connectivity index (χ4v) is 3.35. The van der Waals surface area contributed by atoms with E-state index in [1.54, 1.807) is 0 Å². The Balaban J connectivity index is 2.67. The summed E-state index contributed by atoms with van der Waals surface area (Å²) >= 11 is 0. The van der Waals surface area contributed by atoms with Crippen molar-refractivity contribution in [1.82, 2.24) is 5.32 Å². The number of hydrogen-bond acceptors (Lipinski definition) is 1. The van der Waals surface area contributed by atoms with Crippen LogP contribution in [0.15, 0.2) is 11.6 Å². The van der Waals surface area contributed by atoms with Crippen molar-refractivity contribution in [3.63, 3.8) is 0 Å². The Bertz CT molecular complexity index is 263. The summed E-state index contributed by atoms with van der Waals surface area (Å²) in [6.07, 6.45) is 3.15. The van der Waals surface area contributed by atoms with Crippen LogP contribution in [0.4, 0.5) is 0 Å². The number of rotatable bonds is 3. The fraction of sp³-hybridized carbons (Fsp3) is 0.727. The number of β-lactam (4-membered cyclic amide) rings is 1. The van der Waals surface area contributed by atoms with E-state index in [-0.39, 0.29) is 5.91 Å². The van der Waals surface area contributed by atoms with E-state index in [0.29, 0.717) is 11.6 Å². The van der Waals surface area contributed by atoms with Crippen molar-refractivity contribution in [2.45, 2.75) is 45.6 Å². The molecule has 1 N–H and O–H groups in total. The molecular weight excluding hydrogens is 190 g/mol. The molecule has 0 bridgehead atoms. The van der Waals surface area contributed by atoms with Crippen molar-refractivity contribution in [3.05, 3.63) is 11.6 Å². The van der Waals surface area contributed by atoms with Gasteiger partial charge >= 0.3 is 0 Å². The molecule has 1 rings (SSSR count). The molecule has 0 saturated carbocycles. The lowest BCUT2D eigenvalue weighted by Gasteiger charge is -2.39. The predicted molar refractivity (Wildman–Crippen MR) is 62.8 cm³/mol. The standard InChI is InChI=1S/C11H21NOSi/c1-8(2)6-7-9-10(13)12-11(9)14(3,4)5/h7-8,11H,6H2,1-5H3,(H,12,13)/b9-7-. The van der Waals surface area contributed by atoms with Crippen LogP contribution in [-0.4, -0.2) is 19.6 Å². The molecule has 1 fully saturated rings. The summed E-state index contributed by atoms with van der Waals surface area (Å²) in [6.45, 7) is 11.2. The molecule has 1 amide bonds. The van der Waals surface area contributed by atoms with E-state index in [0.717, 1.165) is 12.0 Å². The van der Waals surface area contributed by atoms with Gasteiger partial charge in [0, 0.05) is 5.57 Å². The number of carbonyl (C=O) groups excluding carboxylic acids is 1. The SMILES string of the molecule is CC(C)C/C=C1/C(=O)NC1[Si](C)(C)C. The zero-order valence-corrected chi connectivity index (χ0v) is 10.8. The van der Waals surface area contributed by atoms with Gasteiger partial charge in [-0.25, -0.2) is 0 Å². The van der Waals surface area contributed by atoms with Crippen molar-refractivity contribution in [1.29, 1.82) is 0 Å². The number of carbonyl (C=O) groups is 1. The first-order valence-electron chi connectivity index (χ1n) is 5.33. The first kappa shape index (κ1) is 11.5. The summed E-state index contributed by atoms with van der Waals surface area (Å²) in [5.41, 5.74) is 1.42. The third-order valence-electron chi connectivity index (χ3n) is 2.52. The maximum absolute atomic E-state index is 11.3. The van der Waals surface area contributed by atoms with Gasteiger partial charge in [0.2, 0.25) is 5.91 Å².